The molecule has 0 spiro atoms. The summed E-state index contributed by atoms with van der Waals surface area (Å²) in [4.78, 5) is 10.2. The maximum atomic E-state index is 13.2. The molecule has 0 fully saturated rings. The number of benzene rings is 1. The summed E-state index contributed by atoms with van der Waals surface area (Å²) in [7, 11) is 0. The zero-order chi connectivity index (χ0) is 12.3. The Morgan fingerprint density at radius 3 is 2.56 bits per heavy atom. The van der Waals surface area contributed by atoms with Gasteiger partial charge in [0.05, 0.1) is 5.69 Å². The van der Waals surface area contributed by atoms with Crippen molar-refractivity contribution in [2.24, 2.45) is 0 Å². The molecule has 2 N–H and O–H groups in total. The van der Waals surface area contributed by atoms with Crippen molar-refractivity contribution >= 4 is 11.7 Å². The van der Waals surface area contributed by atoms with Gasteiger partial charge < -0.3 is 10.4 Å². The second kappa shape index (κ2) is 4.42. The van der Waals surface area contributed by atoms with Crippen LogP contribution in [0.3, 0.4) is 0 Å². The first-order valence-electron chi connectivity index (χ1n) is 4.44. The number of halogens is 3. The van der Waals surface area contributed by atoms with E-state index in [1.165, 1.54) is 0 Å². The lowest BCUT2D eigenvalue weighted by Gasteiger charge is -2.12. The lowest BCUT2D eigenvalue weighted by Crippen LogP contribution is -2.14. The van der Waals surface area contributed by atoms with E-state index in [2.05, 4.69) is 5.32 Å². The predicted molar refractivity (Wildman–Crippen MR) is 52.1 cm³/mol. The molecule has 88 valence electrons. The Kier molecular flexibility index (Phi) is 3.41. The van der Waals surface area contributed by atoms with Crippen molar-refractivity contribution in [3.63, 3.8) is 0 Å². The minimum absolute atomic E-state index is 0.115. The van der Waals surface area contributed by atoms with E-state index in [0.717, 1.165) is 12.1 Å². The first kappa shape index (κ1) is 12.4. The second-order valence-electron chi connectivity index (χ2n) is 3.33. The Balaban J connectivity index is 2.88. The van der Waals surface area contributed by atoms with Crippen LogP contribution in [0.25, 0.3) is 0 Å². The van der Waals surface area contributed by atoms with Gasteiger partial charge in [-0.1, -0.05) is 6.07 Å². The number of rotatable bonds is 4. The number of hydrogen-bond acceptors (Lipinski definition) is 2. The van der Waals surface area contributed by atoms with Crippen LogP contribution in [0.2, 0.25) is 0 Å². The highest BCUT2D eigenvalue weighted by molar-refractivity contribution is 5.72. The van der Waals surface area contributed by atoms with Crippen LogP contribution in [0.5, 0.6) is 0 Å². The summed E-state index contributed by atoms with van der Waals surface area (Å²) in [6, 6.07) is 2.82. The molecular weight excluding hydrogens is 223 g/mol. The molecule has 0 heterocycles. The Labute approximate surface area is 89.9 Å². The Bertz CT molecular complexity index is 402. The largest absolute Gasteiger partial charge is 0.480 e. The van der Waals surface area contributed by atoms with E-state index in [-0.39, 0.29) is 5.69 Å². The second-order valence-corrected chi connectivity index (χ2v) is 3.33. The molecule has 6 heteroatoms. The fraction of sp³-hybridized carbons (Fsp3) is 0.300. The summed E-state index contributed by atoms with van der Waals surface area (Å²) in [5.74, 6) is -5.18. The number of alkyl halides is 2. The van der Waals surface area contributed by atoms with Gasteiger partial charge in [-0.2, -0.15) is 0 Å². The highest BCUT2D eigenvalue weighted by Crippen LogP contribution is 2.29. The van der Waals surface area contributed by atoms with Gasteiger partial charge in [0.15, 0.2) is 0 Å². The van der Waals surface area contributed by atoms with E-state index in [0.29, 0.717) is 13.0 Å². The van der Waals surface area contributed by atoms with E-state index >= 15 is 0 Å². The number of carboxylic acid groups (broad SMARTS) is 1. The van der Waals surface area contributed by atoms with Gasteiger partial charge in [-0.3, -0.25) is 4.79 Å². The van der Waals surface area contributed by atoms with Crippen LogP contribution in [0.1, 0.15) is 12.5 Å². The SMILES string of the molecule is CC(F)(F)c1ccc(NCC(=O)O)c(F)c1. The molecular formula is C10H10F3NO2. The molecule has 0 bridgehead atoms. The number of aliphatic carboxylic acids is 1. The zero-order valence-corrected chi connectivity index (χ0v) is 8.43. The molecule has 0 saturated heterocycles. The molecule has 0 amide bonds. The predicted octanol–water partition coefficient (Wildman–Crippen LogP) is 2.43. The molecule has 0 aliphatic rings. The summed E-state index contributed by atoms with van der Waals surface area (Å²) in [6.45, 7) is 0.185. The van der Waals surface area contributed by atoms with Gasteiger partial charge in [-0.25, -0.2) is 13.2 Å². The van der Waals surface area contributed by atoms with Gasteiger partial charge in [0, 0.05) is 12.5 Å². The van der Waals surface area contributed by atoms with E-state index in [1.54, 1.807) is 0 Å². The van der Waals surface area contributed by atoms with Gasteiger partial charge >= 0.3 is 5.97 Å². The van der Waals surface area contributed by atoms with Crippen LogP contribution in [0, 0.1) is 5.82 Å². The Morgan fingerprint density at radius 1 is 1.50 bits per heavy atom. The minimum Gasteiger partial charge on any atom is -0.480 e. The minimum atomic E-state index is -3.12. The quantitative estimate of drug-likeness (QED) is 0.839. The van der Waals surface area contributed by atoms with Crippen molar-refractivity contribution in [1.29, 1.82) is 0 Å². The molecule has 0 aliphatic heterocycles. The van der Waals surface area contributed by atoms with Crippen LogP contribution in [-0.2, 0) is 10.7 Å². The molecule has 0 aromatic heterocycles. The smallest absolute Gasteiger partial charge is 0.322 e. The highest BCUT2D eigenvalue weighted by Gasteiger charge is 2.25. The van der Waals surface area contributed by atoms with E-state index in [9.17, 15) is 18.0 Å². The monoisotopic (exact) mass is 233 g/mol. The first-order valence-corrected chi connectivity index (χ1v) is 4.44. The normalized spacial score (nSPS) is 11.2. The van der Waals surface area contributed by atoms with E-state index < -0.39 is 29.8 Å². The summed E-state index contributed by atoms with van der Waals surface area (Å²) >= 11 is 0. The fourth-order valence-corrected chi connectivity index (χ4v) is 1.10. The van der Waals surface area contributed by atoms with Gasteiger partial charge in [0.25, 0.3) is 5.92 Å². The van der Waals surface area contributed by atoms with Crippen molar-refractivity contribution in [1.82, 2.24) is 0 Å². The van der Waals surface area contributed by atoms with Crippen molar-refractivity contribution in [2.45, 2.75) is 12.8 Å². The van der Waals surface area contributed by atoms with E-state index in [4.69, 9.17) is 5.11 Å². The van der Waals surface area contributed by atoms with Crippen molar-refractivity contribution < 1.29 is 23.1 Å². The number of anilines is 1. The molecule has 16 heavy (non-hydrogen) atoms. The van der Waals surface area contributed by atoms with Crippen LogP contribution >= 0.6 is 0 Å². The summed E-state index contributed by atoms with van der Waals surface area (Å²) < 4.78 is 38.8. The van der Waals surface area contributed by atoms with Crippen LogP contribution < -0.4 is 5.32 Å². The third-order valence-corrected chi connectivity index (χ3v) is 1.91. The van der Waals surface area contributed by atoms with Crippen LogP contribution in [0.15, 0.2) is 18.2 Å². The van der Waals surface area contributed by atoms with Gasteiger partial charge in [0.2, 0.25) is 0 Å². The van der Waals surface area contributed by atoms with Crippen LogP contribution in [-0.4, -0.2) is 17.6 Å². The first-order chi connectivity index (χ1) is 7.30. The molecule has 0 saturated carbocycles. The maximum Gasteiger partial charge on any atom is 0.322 e. The van der Waals surface area contributed by atoms with Gasteiger partial charge in [0.1, 0.15) is 12.4 Å². The molecule has 3 nitrogen and oxygen atoms in total. The number of carboxylic acids is 1. The van der Waals surface area contributed by atoms with Crippen molar-refractivity contribution in [3.05, 3.63) is 29.6 Å². The average molecular weight is 233 g/mol. The molecule has 0 radical (unpaired) electrons. The summed E-state index contributed by atoms with van der Waals surface area (Å²) in [6.07, 6.45) is 0. The highest BCUT2D eigenvalue weighted by atomic mass is 19.3. The third kappa shape index (κ3) is 3.15. The topological polar surface area (TPSA) is 49.3 Å². The Hall–Kier alpha value is -1.72. The number of nitrogens with one attached hydrogen (secondary N) is 1. The number of carbonyl (C=O) groups is 1. The lowest BCUT2D eigenvalue weighted by atomic mass is 10.1. The molecule has 1 aromatic carbocycles. The van der Waals surface area contributed by atoms with Crippen LogP contribution in [0.4, 0.5) is 18.9 Å². The van der Waals surface area contributed by atoms with Crippen molar-refractivity contribution in [2.75, 3.05) is 11.9 Å². The molecule has 1 rings (SSSR count). The van der Waals surface area contributed by atoms with E-state index in [1.807, 2.05) is 0 Å². The molecule has 0 unspecified atom stereocenters. The third-order valence-electron chi connectivity index (χ3n) is 1.91. The van der Waals surface area contributed by atoms with Crippen molar-refractivity contribution in [3.8, 4) is 0 Å². The molecule has 0 aliphatic carbocycles. The standard InChI is InChI=1S/C10H10F3NO2/c1-10(12,13)6-2-3-8(7(11)4-6)14-5-9(15)16/h2-4,14H,5H2,1H3,(H,15,16). The zero-order valence-electron chi connectivity index (χ0n) is 8.43. The lowest BCUT2D eigenvalue weighted by molar-refractivity contribution is -0.134. The van der Waals surface area contributed by atoms with Gasteiger partial charge in [-0.05, 0) is 12.1 Å². The summed E-state index contributed by atoms with van der Waals surface area (Å²) in [5, 5.41) is 10.6. The molecule has 0 atom stereocenters. The average Bonchev–Trinajstić information content (AvgIpc) is 2.14. The molecule has 1 aromatic rings. The number of hydrogen-bond donors (Lipinski definition) is 2. The maximum absolute atomic E-state index is 13.2. The van der Waals surface area contributed by atoms with Gasteiger partial charge in [-0.15, -0.1) is 0 Å². The summed E-state index contributed by atoms with van der Waals surface area (Å²) in [5.41, 5.74) is -0.568. The Morgan fingerprint density at radius 2 is 2.12 bits per heavy atom. The fourth-order valence-electron chi connectivity index (χ4n) is 1.10.